The molecule has 20 heavy (non-hydrogen) atoms. The van der Waals surface area contributed by atoms with Gasteiger partial charge in [-0.3, -0.25) is 4.79 Å². The van der Waals surface area contributed by atoms with E-state index >= 15 is 0 Å². The number of amides is 1. The fraction of sp³-hybridized carbons (Fsp3) is 0.588. The zero-order chi connectivity index (χ0) is 14.7. The minimum absolute atomic E-state index is 0.174. The monoisotopic (exact) mass is 274 g/mol. The first-order valence-corrected chi connectivity index (χ1v) is 7.66. The Morgan fingerprint density at radius 1 is 1.45 bits per heavy atom. The van der Waals surface area contributed by atoms with Crippen molar-refractivity contribution in [1.82, 2.24) is 4.90 Å². The molecule has 1 N–H and O–H groups in total. The van der Waals surface area contributed by atoms with E-state index in [1.54, 1.807) is 0 Å². The second kappa shape index (κ2) is 6.29. The number of nitrogens with one attached hydrogen (secondary N) is 1. The van der Waals surface area contributed by atoms with Crippen molar-refractivity contribution in [3.05, 3.63) is 29.3 Å². The quantitative estimate of drug-likeness (QED) is 0.910. The van der Waals surface area contributed by atoms with Crippen LogP contribution >= 0.6 is 0 Å². The normalized spacial score (nSPS) is 18.6. The van der Waals surface area contributed by atoms with Crippen LogP contribution in [0.2, 0.25) is 0 Å². The lowest BCUT2D eigenvalue weighted by molar-refractivity contribution is 0.0785. The van der Waals surface area contributed by atoms with Gasteiger partial charge in [0.15, 0.2) is 0 Å². The Morgan fingerprint density at radius 3 is 2.80 bits per heavy atom. The van der Waals surface area contributed by atoms with Gasteiger partial charge in [-0.05, 0) is 44.2 Å². The van der Waals surface area contributed by atoms with Crippen LogP contribution < -0.4 is 5.32 Å². The summed E-state index contributed by atoms with van der Waals surface area (Å²) in [6, 6.07) is 6.07. The number of rotatable bonds is 4. The van der Waals surface area contributed by atoms with Crippen molar-refractivity contribution in [3.8, 4) is 0 Å². The van der Waals surface area contributed by atoms with Crippen LogP contribution in [0.3, 0.4) is 0 Å². The Hall–Kier alpha value is -1.51. The van der Waals surface area contributed by atoms with E-state index in [2.05, 4.69) is 32.2 Å². The topological polar surface area (TPSA) is 32.3 Å². The zero-order valence-corrected chi connectivity index (χ0v) is 13.1. The smallest absolute Gasteiger partial charge is 0.255 e. The van der Waals surface area contributed by atoms with Crippen LogP contribution in [0.1, 0.15) is 43.1 Å². The van der Waals surface area contributed by atoms with Gasteiger partial charge in [0.1, 0.15) is 0 Å². The summed E-state index contributed by atoms with van der Waals surface area (Å²) in [6.07, 6.45) is 1.13. The van der Waals surface area contributed by atoms with Crippen molar-refractivity contribution in [2.45, 2.75) is 34.1 Å². The molecular formula is C17H26N2O. The van der Waals surface area contributed by atoms with Crippen molar-refractivity contribution >= 4 is 11.6 Å². The Labute approximate surface area is 122 Å². The van der Waals surface area contributed by atoms with Crippen molar-refractivity contribution in [2.75, 3.05) is 25.0 Å². The number of carbonyl (C=O) groups is 1. The number of anilines is 1. The molecule has 1 aromatic carbocycles. The number of benzene rings is 1. The minimum atomic E-state index is 0.174. The van der Waals surface area contributed by atoms with Gasteiger partial charge in [0, 0.05) is 25.3 Å². The van der Waals surface area contributed by atoms with Gasteiger partial charge in [0.25, 0.3) is 5.91 Å². The average Bonchev–Trinajstić information content (AvgIpc) is 2.90. The molecule has 1 heterocycles. The molecule has 0 radical (unpaired) electrons. The Kier molecular flexibility index (Phi) is 4.69. The molecule has 1 aliphatic heterocycles. The summed E-state index contributed by atoms with van der Waals surface area (Å²) in [5, 5.41) is 3.29. The molecule has 2 rings (SSSR count). The number of hydrogen-bond acceptors (Lipinski definition) is 2. The van der Waals surface area contributed by atoms with Crippen LogP contribution in [-0.2, 0) is 0 Å². The van der Waals surface area contributed by atoms with Gasteiger partial charge >= 0.3 is 0 Å². The fourth-order valence-electron chi connectivity index (χ4n) is 2.87. The van der Waals surface area contributed by atoms with Gasteiger partial charge in [-0.15, -0.1) is 0 Å². The predicted molar refractivity (Wildman–Crippen MR) is 84.2 cm³/mol. The molecule has 1 atom stereocenters. The Morgan fingerprint density at radius 2 is 2.20 bits per heavy atom. The van der Waals surface area contributed by atoms with Gasteiger partial charge < -0.3 is 10.2 Å². The lowest BCUT2D eigenvalue weighted by atomic mass is 9.95. The summed E-state index contributed by atoms with van der Waals surface area (Å²) in [6.45, 7) is 11.2. The number of carbonyl (C=O) groups excluding carboxylic acids is 1. The third-order valence-corrected chi connectivity index (χ3v) is 4.23. The molecule has 1 saturated heterocycles. The maximum atomic E-state index is 12.7. The molecule has 0 aromatic heterocycles. The summed E-state index contributed by atoms with van der Waals surface area (Å²) < 4.78 is 0. The SMILES string of the molecule is CCNc1ccc(C)cc1C(=O)N1CCC(C(C)C)C1. The highest BCUT2D eigenvalue weighted by Gasteiger charge is 2.29. The van der Waals surface area contributed by atoms with Crippen LogP contribution in [0.4, 0.5) is 5.69 Å². The molecule has 0 spiro atoms. The number of hydrogen-bond donors (Lipinski definition) is 1. The molecule has 3 heteroatoms. The van der Waals surface area contributed by atoms with Crippen LogP contribution in [0.25, 0.3) is 0 Å². The second-order valence-electron chi connectivity index (χ2n) is 6.12. The first kappa shape index (κ1) is 14.9. The third kappa shape index (κ3) is 3.14. The summed E-state index contributed by atoms with van der Waals surface area (Å²) in [5.74, 6) is 1.47. The van der Waals surface area contributed by atoms with Crippen molar-refractivity contribution in [2.24, 2.45) is 11.8 Å². The van der Waals surface area contributed by atoms with E-state index in [0.29, 0.717) is 11.8 Å². The Balaban J connectivity index is 2.19. The summed E-state index contributed by atoms with van der Waals surface area (Å²) in [5.41, 5.74) is 2.90. The molecule has 0 saturated carbocycles. The van der Waals surface area contributed by atoms with Crippen molar-refractivity contribution < 1.29 is 4.79 Å². The summed E-state index contributed by atoms with van der Waals surface area (Å²) >= 11 is 0. The first-order chi connectivity index (χ1) is 9.52. The maximum absolute atomic E-state index is 12.7. The van der Waals surface area contributed by atoms with Gasteiger partial charge in [-0.2, -0.15) is 0 Å². The zero-order valence-electron chi connectivity index (χ0n) is 13.1. The van der Waals surface area contributed by atoms with E-state index in [-0.39, 0.29) is 5.91 Å². The first-order valence-electron chi connectivity index (χ1n) is 7.66. The molecule has 0 bridgehead atoms. The van der Waals surface area contributed by atoms with Crippen molar-refractivity contribution in [1.29, 1.82) is 0 Å². The molecule has 1 aliphatic rings. The molecule has 110 valence electrons. The van der Waals surface area contributed by atoms with Crippen LogP contribution in [0.5, 0.6) is 0 Å². The van der Waals surface area contributed by atoms with E-state index in [4.69, 9.17) is 0 Å². The van der Waals surface area contributed by atoms with Gasteiger partial charge in [0.05, 0.1) is 5.56 Å². The predicted octanol–water partition coefficient (Wildman–Crippen LogP) is 3.54. The van der Waals surface area contributed by atoms with Gasteiger partial charge in [-0.25, -0.2) is 0 Å². The van der Waals surface area contributed by atoms with E-state index in [1.165, 1.54) is 0 Å². The highest BCUT2D eigenvalue weighted by molar-refractivity contribution is 6.00. The highest BCUT2D eigenvalue weighted by atomic mass is 16.2. The third-order valence-electron chi connectivity index (χ3n) is 4.23. The Bertz CT molecular complexity index is 482. The molecule has 0 aliphatic carbocycles. The van der Waals surface area contributed by atoms with Crippen molar-refractivity contribution in [3.63, 3.8) is 0 Å². The van der Waals surface area contributed by atoms with E-state index in [1.807, 2.05) is 24.0 Å². The molecule has 3 nitrogen and oxygen atoms in total. The van der Waals surface area contributed by atoms with E-state index < -0.39 is 0 Å². The van der Waals surface area contributed by atoms with Crippen LogP contribution in [0, 0.1) is 18.8 Å². The number of nitrogens with zero attached hydrogens (tertiary/aromatic N) is 1. The average molecular weight is 274 g/mol. The lowest BCUT2D eigenvalue weighted by Gasteiger charge is -2.20. The maximum Gasteiger partial charge on any atom is 0.255 e. The second-order valence-corrected chi connectivity index (χ2v) is 6.12. The highest BCUT2D eigenvalue weighted by Crippen LogP contribution is 2.27. The summed E-state index contributed by atoms with van der Waals surface area (Å²) in [7, 11) is 0. The number of aryl methyl sites for hydroxylation is 1. The van der Waals surface area contributed by atoms with Crippen LogP contribution in [0.15, 0.2) is 18.2 Å². The molecule has 1 amide bonds. The largest absolute Gasteiger partial charge is 0.385 e. The molecular weight excluding hydrogens is 248 g/mol. The molecule has 1 unspecified atom stereocenters. The standard InChI is InChI=1S/C17H26N2O/c1-5-18-16-7-6-13(4)10-15(16)17(20)19-9-8-14(11-19)12(2)3/h6-7,10,12,14,18H,5,8-9,11H2,1-4H3. The summed E-state index contributed by atoms with van der Waals surface area (Å²) in [4.78, 5) is 14.8. The van der Waals surface area contributed by atoms with Crippen LogP contribution in [-0.4, -0.2) is 30.4 Å². The van der Waals surface area contributed by atoms with E-state index in [9.17, 15) is 4.79 Å². The van der Waals surface area contributed by atoms with E-state index in [0.717, 1.165) is 42.9 Å². The fourth-order valence-corrected chi connectivity index (χ4v) is 2.87. The van der Waals surface area contributed by atoms with Gasteiger partial charge in [-0.1, -0.05) is 25.5 Å². The molecule has 1 aromatic rings. The van der Waals surface area contributed by atoms with Gasteiger partial charge in [0.2, 0.25) is 0 Å². The number of likely N-dealkylation sites (tertiary alicyclic amines) is 1. The minimum Gasteiger partial charge on any atom is -0.385 e. The molecule has 1 fully saturated rings. The lowest BCUT2D eigenvalue weighted by Crippen LogP contribution is -2.30.